The lowest BCUT2D eigenvalue weighted by Crippen LogP contribution is -2.50. The number of carboxylic acids is 1. The Morgan fingerprint density at radius 2 is 2.16 bits per heavy atom. The SMILES string of the molecule is CS(=O)CCCNC(=O)NC1CCCC1(C)C(=O)O. The van der Waals surface area contributed by atoms with Gasteiger partial charge in [0.05, 0.1) is 5.41 Å². The van der Waals surface area contributed by atoms with Gasteiger partial charge in [-0.15, -0.1) is 0 Å². The highest BCUT2D eigenvalue weighted by molar-refractivity contribution is 7.84. The minimum Gasteiger partial charge on any atom is -0.481 e. The van der Waals surface area contributed by atoms with Gasteiger partial charge in [-0.3, -0.25) is 9.00 Å². The van der Waals surface area contributed by atoms with Gasteiger partial charge in [0.2, 0.25) is 0 Å². The van der Waals surface area contributed by atoms with Crippen LogP contribution in [0, 0.1) is 5.41 Å². The van der Waals surface area contributed by atoms with Gasteiger partial charge < -0.3 is 15.7 Å². The molecule has 0 saturated heterocycles. The van der Waals surface area contributed by atoms with Crippen LogP contribution in [0.4, 0.5) is 4.79 Å². The lowest BCUT2D eigenvalue weighted by molar-refractivity contribution is -0.148. The smallest absolute Gasteiger partial charge is 0.315 e. The number of hydrogen-bond donors (Lipinski definition) is 3. The summed E-state index contributed by atoms with van der Waals surface area (Å²) in [5.41, 5.74) is -0.873. The molecular weight excluding hydrogens is 268 g/mol. The molecule has 0 aliphatic heterocycles. The monoisotopic (exact) mass is 290 g/mol. The standard InChI is InChI=1S/C12H22N2O4S/c1-12(10(15)16)6-3-5-9(12)14-11(17)13-7-4-8-19(2)18/h9H,3-8H2,1-2H3,(H,15,16)(H2,13,14,17). The summed E-state index contributed by atoms with van der Waals surface area (Å²) in [5, 5.41) is 14.6. The number of carboxylic acid groups (broad SMARTS) is 1. The maximum atomic E-state index is 11.7. The zero-order chi connectivity index (χ0) is 14.5. The first-order valence-electron chi connectivity index (χ1n) is 6.44. The largest absolute Gasteiger partial charge is 0.481 e. The predicted octanol–water partition coefficient (Wildman–Crippen LogP) is 0.698. The van der Waals surface area contributed by atoms with Gasteiger partial charge in [-0.05, 0) is 26.2 Å². The summed E-state index contributed by atoms with van der Waals surface area (Å²) < 4.78 is 10.8. The first-order chi connectivity index (χ1) is 8.86. The number of rotatable bonds is 6. The van der Waals surface area contributed by atoms with Gasteiger partial charge in [0.25, 0.3) is 0 Å². The highest BCUT2D eigenvalue weighted by Gasteiger charge is 2.45. The van der Waals surface area contributed by atoms with E-state index in [1.54, 1.807) is 13.2 Å². The topological polar surface area (TPSA) is 95.5 Å². The molecular formula is C12H22N2O4S. The summed E-state index contributed by atoms with van der Waals surface area (Å²) in [5.74, 6) is -0.312. The van der Waals surface area contributed by atoms with Crippen molar-refractivity contribution in [2.45, 2.75) is 38.6 Å². The van der Waals surface area contributed by atoms with Crippen molar-refractivity contribution < 1.29 is 18.9 Å². The lowest BCUT2D eigenvalue weighted by Gasteiger charge is -2.27. The van der Waals surface area contributed by atoms with E-state index in [4.69, 9.17) is 0 Å². The summed E-state index contributed by atoms with van der Waals surface area (Å²) >= 11 is 0. The van der Waals surface area contributed by atoms with E-state index in [0.29, 0.717) is 31.6 Å². The van der Waals surface area contributed by atoms with Crippen molar-refractivity contribution in [3.63, 3.8) is 0 Å². The van der Waals surface area contributed by atoms with Crippen molar-refractivity contribution in [2.24, 2.45) is 5.41 Å². The van der Waals surface area contributed by atoms with Gasteiger partial charge >= 0.3 is 12.0 Å². The fourth-order valence-corrected chi connectivity index (χ4v) is 2.89. The number of carbonyl (C=O) groups excluding carboxylic acids is 1. The summed E-state index contributed by atoms with van der Waals surface area (Å²) in [6.45, 7) is 2.12. The second-order valence-corrected chi connectivity index (χ2v) is 6.75. The van der Waals surface area contributed by atoms with Crippen molar-refractivity contribution in [1.82, 2.24) is 10.6 Å². The van der Waals surface area contributed by atoms with E-state index >= 15 is 0 Å². The van der Waals surface area contributed by atoms with Gasteiger partial charge in [0.1, 0.15) is 0 Å². The minimum atomic E-state index is -0.873. The molecule has 0 aromatic heterocycles. The Kier molecular flexibility index (Phi) is 5.78. The molecule has 0 bridgehead atoms. The van der Waals surface area contributed by atoms with Crippen LogP contribution in [0.3, 0.4) is 0 Å². The molecule has 110 valence electrons. The average molecular weight is 290 g/mol. The Balaban J connectivity index is 2.36. The molecule has 19 heavy (non-hydrogen) atoms. The lowest BCUT2D eigenvalue weighted by atomic mass is 9.85. The van der Waals surface area contributed by atoms with Crippen LogP contribution >= 0.6 is 0 Å². The van der Waals surface area contributed by atoms with Gasteiger partial charge in [-0.2, -0.15) is 0 Å². The Morgan fingerprint density at radius 1 is 1.47 bits per heavy atom. The van der Waals surface area contributed by atoms with E-state index in [1.807, 2.05) is 0 Å². The van der Waals surface area contributed by atoms with Crippen molar-refractivity contribution in [3.05, 3.63) is 0 Å². The van der Waals surface area contributed by atoms with Gasteiger partial charge in [-0.1, -0.05) is 6.42 Å². The van der Waals surface area contributed by atoms with Crippen LogP contribution in [0.15, 0.2) is 0 Å². The normalized spacial score (nSPS) is 27.8. The van der Waals surface area contributed by atoms with Crippen LogP contribution in [0.1, 0.15) is 32.6 Å². The Hall–Kier alpha value is -1.11. The number of urea groups is 1. The number of nitrogens with one attached hydrogen (secondary N) is 2. The maximum absolute atomic E-state index is 11.7. The Bertz CT molecular complexity index is 375. The van der Waals surface area contributed by atoms with E-state index in [-0.39, 0.29) is 12.1 Å². The van der Waals surface area contributed by atoms with E-state index in [1.165, 1.54) is 0 Å². The molecule has 3 atom stereocenters. The molecule has 0 radical (unpaired) electrons. The third-order valence-electron chi connectivity index (χ3n) is 3.65. The molecule has 1 saturated carbocycles. The van der Waals surface area contributed by atoms with Crippen LogP contribution in [0.25, 0.3) is 0 Å². The molecule has 1 aliphatic rings. The zero-order valence-electron chi connectivity index (χ0n) is 11.4. The molecule has 2 amide bonds. The van der Waals surface area contributed by atoms with Crippen LogP contribution in [-0.2, 0) is 15.6 Å². The second-order valence-electron chi connectivity index (χ2n) is 5.20. The number of amides is 2. The molecule has 1 aliphatic carbocycles. The summed E-state index contributed by atoms with van der Waals surface area (Å²) in [6, 6.07) is -0.674. The molecule has 3 unspecified atom stereocenters. The van der Waals surface area contributed by atoms with E-state index in [9.17, 15) is 18.9 Å². The Morgan fingerprint density at radius 3 is 2.74 bits per heavy atom. The number of hydrogen-bond acceptors (Lipinski definition) is 3. The average Bonchev–Trinajstić information content (AvgIpc) is 2.68. The van der Waals surface area contributed by atoms with E-state index in [2.05, 4.69) is 10.6 Å². The van der Waals surface area contributed by atoms with Crippen molar-refractivity contribution >= 4 is 22.8 Å². The molecule has 3 N–H and O–H groups in total. The van der Waals surface area contributed by atoms with Crippen LogP contribution < -0.4 is 10.6 Å². The molecule has 7 heteroatoms. The molecule has 0 heterocycles. The minimum absolute atomic E-state index is 0.328. The van der Waals surface area contributed by atoms with Gasteiger partial charge in [-0.25, -0.2) is 4.79 Å². The van der Waals surface area contributed by atoms with E-state index < -0.39 is 22.2 Å². The molecule has 1 rings (SSSR count). The van der Waals surface area contributed by atoms with Crippen molar-refractivity contribution in [3.8, 4) is 0 Å². The third-order valence-corrected chi connectivity index (χ3v) is 4.51. The first kappa shape index (κ1) is 15.9. The Labute approximate surface area is 115 Å². The fraction of sp³-hybridized carbons (Fsp3) is 0.833. The molecule has 1 fully saturated rings. The van der Waals surface area contributed by atoms with Crippen molar-refractivity contribution in [2.75, 3.05) is 18.6 Å². The molecule has 0 aromatic rings. The van der Waals surface area contributed by atoms with Crippen LogP contribution in [0.5, 0.6) is 0 Å². The fourth-order valence-electron chi connectivity index (χ4n) is 2.34. The van der Waals surface area contributed by atoms with Gasteiger partial charge in [0.15, 0.2) is 0 Å². The first-order valence-corrected chi connectivity index (χ1v) is 8.17. The van der Waals surface area contributed by atoms with Crippen molar-refractivity contribution in [1.29, 1.82) is 0 Å². The second kappa shape index (κ2) is 6.88. The third kappa shape index (κ3) is 4.49. The summed E-state index contributed by atoms with van der Waals surface area (Å²) in [7, 11) is -0.852. The van der Waals surface area contributed by atoms with Crippen LogP contribution in [-0.4, -0.2) is 45.9 Å². The maximum Gasteiger partial charge on any atom is 0.315 e. The quantitative estimate of drug-likeness (QED) is 0.627. The highest BCUT2D eigenvalue weighted by Crippen LogP contribution is 2.38. The highest BCUT2D eigenvalue weighted by atomic mass is 32.2. The van der Waals surface area contributed by atoms with Crippen LogP contribution in [0.2, 0.25) is 0 Å². The number of aliphatic carboxylic acids is 1. The zero-order valence-corrected chi connectivity index (χ0v) is 12.2. The molecule has 0 spiro atoms. The van der Waals surface area contributed by atoms with Gasteiger partial charge in [0, 0.05) is 35.4 Å². The van der Waals surface area contributed by atoms with E-state index in [0.717, 1.165) is 6.42 Å². The number of carbonyl (C=O) groups is 2. The summed E-state index contributed by atoms with van der Waals surface area (Å²) in [6.07, 6.45) is 4.36. The molecule has 0 aromatic carbocycles. The summed E-state index contributed by atoms with van der Waals surface area (Å²) in [4.78, 5) is 22.9. The predicted molar refractivity (Wildman–Crippen MR) is 73.5 cm³/mol. The molecule has 6 nitrogen and oxygen atoms in total.